The van der Waals surface area contributed by atoms with Gasteiger partial charge in [-0.05, 0) is 32.4 Å². The number of alkyl halides is 3. The van der Waals surface area contributed by atoms with Crippen LogP contribution < -0.4 is 10.7 Å². The van der Waals surface area contributed by atoms with E-state index < -0.39 is 29.5 Å². The molecule has 0 amide bonds. The highest BCUT2D eigenvalue weighted by Crippen LogP contribution is 2.45. The molecule has 3 rings (SSSR count). The van der Waals surface area contributed by atoms with Gasteiger partial charge in [-0.25, -0.2) is 9.64 Å². The number of fused-ring (bicyclic) bond motifs is 1. The molecule has 2 heterocycles. The average molecular weight is 418 g/mol. The summed E-state index contributed by atoms with van der Waals surface area (Å²) in [6, 6.07) is 5.64. The first kappa shape index (κ1) is 21.2. The minimum Gasteiger partial charge on any atom is -0.463 e. The zero-order valence-corrected chi connectivity index (χ0v) is 16.3. The lowest BCUT2D eigenvalue weighted by atomic mass is 9.83. The Labute approximate surface area is 169 Å². The highest BCUT2D eigenvalue weighted by atomic mass is 19.4. The fourth-order valence-electron chi connectivity index (χ4n) is 3.48. The monoisotopic (exact) mass is 418 g/mol. The number of hydrogen-bond acceptors (Lipinski definition) is 5. The van der Waals surface area contributed by atoms with Crippen molar-refractivity contribution in [3.63, 3.8) is 0 Å². The summed E-state index contributed by atoms with van der Waals surface area (Å²) in [5, 5.41) is 2.28. The Kier molecular flexibility index (Phi) is 5.44. The predicted molar refractivity (Wildman–Crippen MR) is 102 cm³/mol. The first-order valence-electron chi connectivity index (χ1n) is 8.97. The molecule has 1 N–H and O–H groups in total. The fraction of sp³-hybridized carbons (Fsp3) is 0.286. The van der Waals surface area contributed by atoms with Crippen LogP contribution in [0.2, 0.25) is 0 Å². The van der Waals surface area contributed by atoms with E-state index in [1.807, 2.05) is 0 Å². The van der Waals surface area contributed by atoms with E-state index in [9.17, 15) is 22.8 Å². The van der Waals surface area contributed by atoms with Crippen LogP contribution in [0.4, 0.5) is 13.2 Å². The molecule has 9 heteroatoms. The highest BCUT2D eigenvalue weighted by molar-refractivity contribution is 5.94. The van der Waals surface area contributed by atoms with E-state index in [1.165, 1.54) is 38.1 Å². The molecule has 1 atom stereocenters. The van der Waals surface area contributed by atoms with Crippen LogP contribution in [0.25, 0.3) is 15.8 Å². The van der Waals surface area contributed by atoms with Crippen molar-refractivity contribution in [2.24, 2.45) is 0 Å². The maximum atomic E-state index is 13.7. The van der Waals surface area contributed by atoms with Crippen LogP contribution in [0.5, 0.6) is 0 Å². The number of dihydropyridines is 1. The summed E-state index contributed by atoms with van der Waals surface area (Å²) >= 11 is 0. The van der Waals surface area contributed by atoms with Crippen LogP contribution >= 0.6 is 0 Å². The van der Waals surface area contributed by atoms with Gasteiger partial charge in [0.2, 0.25) is 5.70 Å². The van der Waals surface area contributed by atoms with Gasteiger partial charge in [0.25, 0.3) is 0 Å². The minimum atomic E-state index is -4.86. The predicted octanol–water partition coefficient (Wildman–Crippen LogP) is 4.32. The molecule has 6 nitrogen and oxygen atoms in total. The molecule has 156 valence electrons. The zero-order valence-electron chi connectivity index (χ0n) is 16.3. The van der Waals surface area contributed by atoms with Crippen molar-refractivity contribution >= 4 is 16.9 Å². The quantitative estimate of drug-likeness (QED) is 0.594. The number of nitrogens with zero attached hydrogens (tertiary/aromatic N) is 1. The molecule has 0 aliphatic carbocycles. The summed E-state index contributed by atoms with van der Waals surface area (Å²) in [7, 11) is 0. The Morgan fingerprint density at radius 1 is 1.33 bits per heavy atom. The summed E-state index contributed by atoms with van der Waals surface area (Å²) in [6.45, 7) is 11.8. The Morgan fingerprint density at radius 3 is 2.63 bits per heavy atom. The third-order valence-corrected chi connectivity index (χ3v) is 4.65. The van der Waals surface area contributed by atoms with Gasteiger partial charge in [0, 0.05) is 11.8 Å². The second-order valence-electron chi connectivity index (χ2n) is 6.63. The number of halogens is 3. The Bertz CT molecular complexity index is 1200. The van der Waals surface area contributed by atoms with Crippen molar-refractivity contribution in [2.45, 2.75) is 32.9 Å². The lowest BCUT2D eigenvalue weighted by Gasteiger charge is -2.30. The van der Waals surface area contributed by atoms with Gasteiger partial charge in [0.1, 0.15) is 17.0 Å². The van der Waals surface area contributed by atoms with E-state index in [-0.39, 0.29) is 45.6 Å². The number of benzene rings is 1. The summed E-state index contributed by atoms with van der Waals surface area (Å²) in [6.07, 6.45) is -4.86. The number of carbonyl (C=O) groups is 1. The Balaban J connectivity index is 2.42. The number of esters is 1. The van der Waals surface area contributed by atoms with Gasteiger partial charge in [-0.2, -0.15) is 13.2 Å². The molecule has 1 aliphatic rings. The van der Waals surface area contributed by atoms with E-state index in [2.05, 4.69) is 10.2 Å². The largest absolute Gasteiger partial charge is 0.463 e. The summed E-state index contributed by atoms with van der Waals surface area (Å²) in [4.78, 5) is 28.1. The van der Waals surface area contributed by atoms with Crippen LogP contribution in [-0.2, 0) is 9.53 Å². The van der Waals surface area contributed by atoms with Gasteiger partial charge in [0.15, 0.2) is 5.43 Å². The van der Waals surface area contributed by atoms with Crippen molar-refractivity contribution < 1.29 is 27.1 Å². The van der Waals surface area contributed by atoms with Crippen LogP contribution in [0.3, 0.4) is 0 Å². The van der Waals surface area contributed by atoms with E-state index in [0.29, 0.717) is 0 Å². The smallest absolute Gasteiger partial charge is 0.421 e. The molecule has 30 heavy (non-hydrogen) atoms. The van der Waals surface area contributed by atoms with Crippen molar-refractivity contribution in [1.82, 2.24) is 5.32 Å². The number of hydrogen-bond donors (Lipinski definition) is 1. The number of carbonyl (C=O) groups excluding carboxylic acids is 1. The lowest BCUT2D eigenvalue weighted by Crippen LogP contribution is -2.35. The molecular formula is C21H17F3N2O4. The van der Waals surface area contributed by atoms with Crippen LogP contribution in [0, 0.1) is 13.5 Å². The van der Waals surface area contributed by atoms with E-state index in [4.69, 9.17) is 15.7 Å². The number of nitrogens with one attached hydrogen (secondary N) is 1. The zero-order chi connectivity index (χ0) is 22.2. The van der Waals surface area contributed by atoms with Gasteiger partial charge in [0.05, 0.1) is 30.1 Å². The molecule has 1 aliphatic heterocycles. The van der Waals surface area contributed by atoms with Crippen LogP contribution in [0.15, 0.2) is 56.1 Å². The second kappa shape index (κ2) is 7.71. The molecule has 1 aromatic carbocycles. The fourth-order valence-corrected chi connectivity index (χ4v) is 3.48. The molecule has 2 aromatic rings. The topological polar surface area (TPSA) is 72.9 Å². The third kappa shape index (κ3) is 3.56. The van der Waals surface area contributed by atoms with Gasteiger partial charge < -0.3 is 14.5 Å². The van der Waals surface area contributed by atoms with Crippen molar-refractivity contribution in [3.8, 4) is 0 Å². The minimum absolute atomic E-state index is 0.00471. The third-order valence-electron chi connectivity index (χ3n) is 4.65. The summed E-state index contributed by atoms with van der Waals surface area (Å²) in [5.41, 5.74) is -2.49. The van der Waals surface area contributed by atoms with Crippen molar-refractivity contribution in [2.75, 3.05) is 6.61 Å². The molecule has 0 radical (unpaired) electrons. The normalized spacial score (nSPS) is 17.0. The molecular weight excluding hydrogens is 401 g/mol. The maximum absolute atomic E-state index is 13.7. The number of rotatable bonds is 3. The number of para-hydroxylation sites is 1. The summed E-state index contributed by atoms with van der Waals surface area (Å²) in [5.74, 6) is -2.04. The number of ether oxygens (including phenoxy) is 1. The SMILES string of the molecule is [C-]#[N+]C1=C(C(F)(F)F)NC(C)=C(C(=O)OCC)C1c1cccc2c(=O)cc(C)oc12. The van der Waals surface area contributed by atoms with Gasteiger partial charge in [-0.1, -0.05) is 12.1 Å². The van der Waals surface area contributed by atoms with Gasteiger partial charge in [-0.3, -0.25) is 4.79 Å². The van der Waals surface area contributed by atoms with Crippen molar-refractivity contribution in [3.05, 3.63) is 79.9 Å². The lowest BCUT2D eigenvalue weighted by molar-refractivity contribution is -0.139. The molecule has 0 fully saturated rings. The Hall–Kier alpha value is -3.54. The Morgan fingerprint density at radius 2 is 2.03 bits per heavy atom. The number of allylic oxidation sites excluding steroid dienone is 3. The first-order chi connectivity index (χ1) is 14.1. The first-order valence-corrected chi connectivity index (χ1v) is 8.97. The standard InChI is InChI=1S/C21H17F3N2O4/c1-5-29-20(28)15-11(3)26-19(21(22,23)24)17(25-4)16(15)13-8-6-7-12-14(27)9-10(2)30-18(12)13/h6-9,16,26H,5H2,1-3H3. The summed E-state index contributed by atoms with van der Waals surface area (Å²) < 4.78 is 51.8. The molecule has 0 spiro atoms. The molecule has 1 aromatic heterocycles. The average Bonchev–Trinajstić information content (AvgIpc) is 2.66. The second-order valence-corrected chi connectivity index (χ2v) is 6.63. The van der Waals surface area contributed by atoms with Crippen LogP contribution in [-0.4, -0.2) is 18.8 Å². The van der Waals surface area contributed by atoms with Crippen LogP contribution in [0.1, 0.15) is 31.1 Å². The molecule has 0 saturated carbocycles. The van der Waals surface area contributed by atoms with E-state index in [0.717, 1.165) is 0 Å². The molecule has 0 bridgehead atoms. The number of aryl methyl sites for hydroxylation is 1. The highest BCUT2D eigenvalue weighted by Gasteiger charge is 2.45. The molecule has 0 saturated heterocycles. The van der Waals surface area contributed by atoms with Gasteiger partial charge in [-0.15, -0.1) is 0 Å². The van der Waals surface area contributed by atoms with E-state index in [1.54, 1.807) is 6.92 Å². The van der Waals surface area contributed by atoms with E-state index >= 15 is 0 Å². The maximum Gasteiger partial charge on any atom is 0.421 e. The van der Waals surface area contributed by atoms with Gasteiger partial charge >= 0.3 is 12.1 Å². The molecule has 1 unspecified atom stereocenters. The van der Waals surface area contributed by atoms with Crippen molar-refractivity contribution in [1.29, 1.82) is 0 Å².